The molecular weight excluding hydrogens is 272 g/mol. The number of anilines is 1. The van der Waals surface area contributed by atoms with E-state index >= 15 is 0 Å². The summed E-state index contributed by atoms with van der Waals surface area (Å²) >= 11 is 1.10. The minimum absolute atomic E-state index is 0.117. The Morgan fingerprint density at radius 2 is 2.26 bits per heavy atom. The van der Waals surface area contributed by atoms with Crippen LogP contribution in [0, 0.1) is 0 Å². The van der Waals surface area contributed by atoms with E-state index in [1.807, 2.05) is 6.92 Å². The molecule has 2 aromatic heterocycles. The molecular formula is C8H12N8O2S. The maximum atomic E-state index is 11.4. The van der Waals surface area contributed by atoms with Crippen molar-refractivity contribution in [1.82, 2.24) is 29.7 Å². The molecule has 0 spiro atoms. The van der Waals surface area contributed by atoms with Gasteiger partial charge in [-0.15, -0.1) is 5.10 Å². The molecule has 0 fully saturated rings. The van der Waals surface area contributed by atoms with Crippen LogP contribution in [0.3, 0.4) is 0 Å². The number of aromatic amines is 1. The van der Waals surface area contributed by atoms with Gasteiger partial charge in [-0.25, -0.2) is 15.7 Å². The molecule has 0 aliphatic carbocycles. The third-order valence-corrected chi connectivity index (χ3v) is 2.99. The molecule has 102 valence electrons. The summed E-state index contributed by atoms with van der Waals surface area (Å²) in [7, 11) is 1.43. The molecule has 0 radical (unpaired) electrons. The van der Waals surface area contributed by atoms with E-state index in [4.69, 9.17) is 10.6 Å². The fourth-order valence-electron chi connectivity index (χ4n) is 1.28. The zero-order chi connectivity index (χ0) is 13.8. The Kier molecular flexibility index (Phi) is 3.97. The van der Waals surface area contributed by atoms with Gasteiger partial charge in [0, 0.05) is 6.54 Å². The number of nitrogens with one attached hydrogen (secondary N) is 2. The number of ether oxygens (including phenoxy) is 1. The Labute approximate surface area is 111 Å². The highest BCUT2D eigenvalue weighted by Crippen LogP contribution is 2.23. The van der Waals surface area contributed by atoms with E-state index < -0.39 is 0 Å². The topological polar surface area (TPSA) is 137 Å². The number of nitrogens with zero attached hydrogens (tertiary/aromatic N) is 5. The molecule has 4 N–H and O–H groups in total. The van der Waals surface area contributed by atoms with Gasteiger partial charge in [0.1, 0.15) is 0 Å². The van der Waals surface area contributed by atoms with E-state index in [1.54, 1.807) is 0 Å². The van der Waals surface area contributed by atoms with Crippen LogP contribution in [0.4, 0.5) is 5.95 Å². The number of hydrazine groups is 1. The molecule has 0 aliphatic rings. The van der Waals surface area contributed by atoms with Crippen LogP contribution >= 0.6 is 11.8 Å². The van der Waals surface area contributed by atoms with E-state index in [1.165, 1.54) is 11.7 Å². The van der Waals surface area contributed by atoms with Gasteiger partial charge in [-0.2, -0.15) is 15.0 Å². The van der Waals surface area contributed by atoms with Crippen molar-refractivity contribution in [2.75, 3.05) is 12.5 Å². The summed E-state index contributed by atoms with van der Waals surface area (Å²) in [5.41, 5.74) is 2.02. The fraction of sp³-hybridized carbons (Fsp3) is 0.375. The van der Waals surface area contributed by atoms with Gasteiger partial charge in [0.05, 0.1) is 7.11 Å². The van der Waals surface area contributed by atoms with Gasteiger partial charge >= 0.3 is 11.7 Å². The first-order valence-electron chi connectivity index (χ1n) is 5.27. The number of aromatic nitrogens is 6. The van der Waals surface area contributed by atoms with Crippen molar-refractivity contribution < 1.29 is 4.74 Å². The van der Waals surface area contributed by atoms with Crippen LogP contribution in [0.2, 0.25) is 0 Å². The van der Waals surface area contributed by atoms with Gasteiger partial charge < -0.3 is 4.74 Å². The van der Waals surface area contributed by atoms with E-state index in [0.717, 1.165) is 11.8 Å². The van der Waals surface area contributed by atoms with Gasteiger partial charge in [-0.3, -0.25) is 9.99 Å². The fourth-order valence-corrected chi connectivity index (χ4v) is 2.11. The average molecular weight is 284 g/mol. The smallest absolute Gasteiger partial charge is 0.343 e. The monoisotopic (exact) mass is 284 g/mol. The lowest BCUT2D eigenvalue weighted by Crippen LogP contribution is -2.16. The van der Waals surface area contributed by atoms with Crippen molar-refractivity contribution in [2.24, 2.45) is 5.84 Å². The summed E-state index contributed by atoms with van der Waals surface area (Å²) in [6.45, 7) is 2.32. The molecule has 0 amide bonds. The summed E-state index contributed by atoms with van der Waals surface area (Å²) < 4.78 is 6.38. The van der Waals surface area contributed by atoms with Crippen molar-refractivity contribution >= 4 is 17.7 Å². The lowest BCUT2D eigenvalue weighted by atomic mass is 10.7. The van der Waals surface area contributed by atoms with Crippen molar-refractivity contribution in [2.45, 2.75) is 23.8 Å². The standard InChI is InChI=1S/C8H12N8O2S/c1-3-16-7(17)14-15-8(16)19-6-11-4(13-9)10-5(12-6)18-2/h3,9H2,1-2H3,(H,14,17)(H,10,11,12,13). The molecule has 2 aromatic rings. The summed E-state index contributed by atoms with van der Waals surface area (Å²) in [5, 5.41) is 7.01. The number of H-pyrrole nitrogens is 1. The molecule has 2 rings (SSSR count). The Morgan fingerprint density at radius 3 is 2.89 bits per heavy atom. The average Bonchev–Trinajstić information content (AvgIpc) is 2.78. The number of hydrogen-bond acceptors (Lipinski definition) is 9. The Morgan fingerprint density at radius 1 is 1.47 bits per heavy atom. The van der Waals surface area contributed by atoms with Crippen LogP contribution in [0.15, 0.2) is 15.1 Å². The summed E-state index contributed by atoms with van der Waals surface area (Å²) in [6, 6.07) is 0.117. The highest BCUT2D eigenvalue weighted by molar-refractivity contribution is 7.99. The molecule has 0 aromatic carbocycles. The van der Waals surface area contributed by atoms with Crippen LogP contribution in [-0.4, -0.2) is 36.8 Å². The summed E-state index contributed by atoms with van der Waals surface area (Å²) in [4.78, 5) is 23.4. The molecule has 0 saturated carbocycles. The van der Waals surface area contributed by atoms with E-state index in [9.17, 15) is 4.79 Å². The third kappa shape index (κ3) is 2.82. The Balaban J connectivity index is 2.34. The first kappa shape index (κ1) is 13.3. The second-order valence-electron chi connectivity index (χ2n) is 3.23. The molecule has 0 aliphatic heterocycles. The highest BCUT2D eigenvalue weighted by atomic mass is 32.2. The number of rotatable bonds is 5. The minimum Gasteiger partial charge on any atom is -0.467 e. The van der Waals surface area contributed by atoms with Crippen LogP contribution in [-0.2, 0) is 6.54 Å². The van der Waals surface area contributed by atoms with Crippen LogP contribution in [0.25, 0.3) is 0 Å². The van der Waals surface area contributed by atoms with Gasteiger partial charge in [0.15, 0.2) is 5.16 Å². The number of nitrogens with two attached hydrogens (primary N) is 1. The molecule has 0 atom stereocenters. The highest BCUT2D eigenvalue weighted by Gasteiger charge is 2.13. The third-order valence-electron chi connectivity index (χ3n) is 2.13. The molecule has 2 heterocycles. The quantitative estimate of drug-likeness (QED) is 0.477. The number of methoxy groups -OCH3 is 1. The van der Waals surface area contributed by atoms with Gasteiger partial charge in [-0.05, 0) is 18.7 Å². The lowest BCUT2D eigenvalue weighted by Gasteiger charge is -2.04. The van der Waals surface area contributed by atoms with Gasteiger partial charge in [0.2, 0.25) is 11.1 Å². The van der Waals surface area contributed by atoms with Crippen molar-refractivity contribution in [1.29, 1.82) is 0 Å². The summed E-state index contributed by atoms with van der Waals surface area (Å²) in [5.74, 6) is 5.41. The maximum Gasteiger partial charge on any atom is 0.343 e. The lowest BCUT2D eigenvalue weighted by molar-refractivity contribution is 0.373. The normalized spacial score (nSPS) is 10.5. The Bertz CT molecular complexity index is 601. The van der Waals surface area contributed by atoms with Crippen molar-refractivity contribution in [3.8, 4) is 6.01 Å². The molecule has 19 heavy (non-hydrogen) atoms. The van der Waals surface area contributed by atoms with Crippen LogP contribution in [0.5, 0.6) is 6.01 Å². The zero-order valence-corrected chi connectivity index (χ0v) is 11.1. The van der Waals surface area contributed by atoms with Crippen LogP contribution in [0.1, 0.15) is 6.92 Å². The molecule has 0 unspecified atom stereocenters. The van der Waals surface area contributed by atoms with E-state index in [0.29, 0.717) is 16.9 Å². The molecule has 10 nitrogen and oxygen atoms in total. The van der Waals surface area contributed by atoms with Gasteiger partial charge in [-0.1, -0.05) is 0 Å². The van der Waals surface area contributed by atoms with Crippen molar-refractivity contribution in [3.05, 3.63) is 10.5 Å². The predicted octanol–water partition coefficient (Wildman–Crippen LogP) is -0.778. The zero-order valence-electron chi connectivity index (χ0n) is 10.2. The first-order chi connectivity index (χ1) is 9.17. The number of hydrogen-bond donors (Lipinski definition) is 3. The number of nitrogen functional groups attached to an aromatic ring is 1. The van der Waals surface area contributed by atoms with Crippen LogP contribution < -0.4 is 21.7 Å². The first-order valence-corrected chi connectivity index (χ1v) is 6.09. The molecule has 0 saturated heterocycles. The maximum absolute atomic E-state index is 11.4. The van der Waals surface area contributed by atoms with Crippen molar-refractivity contribution in [3.63, 3.8) is 0 Å². The largest absolute Gasteiger partial charge is 0.467 e. The molecule has 11 heteroatoms. The van der Waals surface area contributed by atoms with Gasteiger partial charge in [0.25, 0.3) is 0 Å². The summed E-state index contributed by atoms with van der Waals surface area (Å²) in [6.07, 6.45) is 0. The Hall–Kier alpha value is -2.14. The predicted molar refractivity (Wildman–Crippen MR) is 66.8 cm³/mol. The molecule has 0 bridgehead atoms. The second kappa shape index (κ2) is 5.67. The van der Waals surface area contributed by atoms with E-state index in [2.05, 4.69) is 30.6 Å². The second-order valence-corrected chi connectivity index (χ2v) is 4.16. The van der Waals surface area contributed by atoms with E-state index in [-0.39, 0.29) is 17.6 Å². The minimum atomic E-state index is -0.289. The SMILES string of the molecule is CCn1c(Sc2nc(NN)nc(OC)n2)n[nH]c1=O.